The SMILES string of the molecule is CCOC(C(=O)OC)C1CC1. The van der Waals surface area contributed by atoms with Crippen LogP contribution in [0.15, 0.2) is 0 Å². The van der Waals surface area contributed by atoms with E-state index in [1.165, 1.54) is 7.11 Å². The number of ether oxygens (including phenoxy) is 2. The van der Waals surface area contributed by atoms with Crippen LogP contribution in [0.2, 0.25) is 0 Å². The van der Waals surface area contributed by atoms with Gasteiger partial charge in [0.25, 0.3) is 0 Å². The molecule has 1 unspecified atom stereocenters. The van der Waals surface area contributed by atoms with Gasteiger partial charge in [-0.3, -0.25) is 0 Å². The number of carbonyl (C=O) groups excluding carboxylic acids is 1. The molecule has 64 valence electrons. The molecular formula is C8H14O3. The monoisotopic (exact) mass is 158 g/mol. The average molecular weight is 158 g/mol. The van der Waals surface area contributed by atoms with Gasteiger partial charge < -0.3 is 9.47 Å². The Bertz CT molecular complexity index is 140. The third kappa shape index (κ3) is 2.19. The molecule has 0 heterocycles. The molecule has 0 radical (unpaired) electrons. The van der Waals surface area contributed by atoms with Crippen molar-refractivity contribution in [1.82, 2.24) is 0 Å². The minimum atomic E-state index is -0.301. The van der Waals surface area contributed by atoms with Gasteiger partial charge in [-0.2, -0.15) is 0 Å². The molecule has 0 N–H and O–H groups in total. The highest BCUT2D eigenvalue weighted by Gasteiger charge is 2.37. The Morgan fingerprint density at radius 2 is 2.27 bits per heavy atom. The summed E-state index contributed by atoms with van der Waals surface area (Å²) in [6, 6.07) is 0. The van der Waals surface area contributed by atoms with E-state index in [9.17, 15) is 4.79 Å². The molecule has 1 aliphatic carbocycles. The summed E-state index contributed by atoms with van der Waals surface area (Å²) in [6.07, 6.45) is 1.89. The van der Waals surface area contributed by atoms with Crippen molar-refractivity contribution in [2.24, 2.45) is 5.92 Å². The molecule has 0 aromatic heterocycles. The molecule has 3 heteroatoms. The first-order valence-electron chi connectivity index (χ1n) is 3.99. The molecule has 0 amide bonds. The van der Waals surface area contributed by atoms with Crippen LogP contribution in [0, 0.1) is 5.92 Å². The zero-order chi connectivity index (χ0) is 8.27. The van der Waals surface area contributed by atoms with Crippen LogP contribution in [-0.4, -0.2) is 25.8 Å². The summed E-state index contributed by atoms with van der Waals surface area (Å²) in [5, 5.41) is 0. The van der Waals surface area contributed by atoms with Crippen LogP contribution in [0.1, 0.15) is 19.8 Å². The van der Waals surface area contributed by atoms with Crippen LogP contribution in [0.5, 0.6) is 0 Å². The third-order valence-electron chi connectivity index (χ3n) is 1.83. The molecule has 1 fully saturated rings. The summed E-state index contributed by atoms with van der Waals surface area (Å²) in [5.41, 5.74) is 0. The van der Waals surface area contributed by atoms with E-state index in [0.717, 1.165) is 12.8 Å². The van der Waals surface area contributed by atoms with Gasteiger partial charge in [0.2, 0.25) is 0 Å². The van der Waals surface area contributed by atoms with Gasteiger partial charge in [0.1, 0.15) is 0 Å². The van der Waals surface area contributed by atoms with Crippen molar-refractivity contribution in [3.05, 3.63) is 0 Å². The molecule has 3 nitrogen and oxygen atoms in total. The van der Waals surface area contributed by atoms with Gasteiger partial charge in [-0.05, 0) is 25.7 Å². The molecule has 0 saturated heterocycles. The van der Waals surface area contributed by atoms with Crippen LogP contribution >= 0.6 is 0 Å². The number of methoxy groups -OCH3 is 1. The minimum absolute atomic E-state index is 0.227. The zero-order valence-corrected chi connectivity index (χ0v) is 7.00. The van der Waals surface area contributed by atoms with E-state index in [0.29, 0.717) is 12.5 Å². The van der Waals surface area contributed by atoms with Crippen LogP contribution in [0.25, 0.3) is 0 Å². The first-order chi connectivity index (χ1) is 5.29. The van der Waals surface area contributed by atoms with Gasteiger partial charge in [0.15, 0.2) is 6.10 Å². The van der Waals surface area contributed by atoms with Gasteiger partial charge in [-0.1, -0.05) is 0 Å². The Labute approximate surface area is 66.7 Å². The van der Waals surface area contributed by atoms with Gasteiger partial charge in [0.05, 0.1) is 7.11 Å². The van der Waals surface area contributed by atoms with E-state index in [1.807, 2.05) is 6.92 Å². The van der Waals surface area contributed by atoms with Crippen molar-refractivity contribution in [3.8, 4) is 0 Å². The number of hydrogen-bond acceptors (Lipinski definition) is 3. The van der Waals surface area contributed by atoms with Gasteiger partial charge >= 0.3 is 5.97 Å². The number of esters is 1. The second-order valence-electron chi connectivity index (χ2n) is 2.74. The van der Waals surface area contributed by atoms with E-state index in [4.69, 9.17) is 4.74 Å². The van der Waals surface area contributed by atoms with Gasteiger partial charge in [-0.25, -0.2) is 4.79 Å². The zero-order valence-electron chi connectivity index (χ0n) is 7.00. The van der Waals surface area contributed by atoms with Crippen molar-refractivity contribution in [2.45, 2.75) is 25.9 Å². The molecule has 0 bridgehead atoms. The van der Waals surface area contributed by atoms with Crippen molar-refractivity contribution >= 4 is 5.97 Å². The predicted molar refractivity (Wildman–Crippen MR) is 40.2 cm³/mol. The summed E-state index contributed by atoms with van der Waals surface area (Å²) < 4.78 is 9.85. The minimum Gasteiger partial charge on any atom is -0.467 e. The van der Waals surface area contributed by atoms with E-state index in [-0.39, 0.29) is 12.1 Å². The number of rotatable bonds is 4. The Kier molecular flexibility index (Phi) is 2.88. The molecule has 0 aromatic carbocycles. The normalized spacial score (nSPS) is 19.5. The second-order valence-corrected chi connectivity index (χ2v) is 2.74. The lowest BCUT2D eigenvalue weighted by molar-refractivity contribution is -0.155. The van der Waals surface area contributed by atoms with Gasteiger partial charge in [-0.15, -0.1) is 0 Å². The van der Waals surface area contributed by atoms with E-state index < -0.39 is 0 Å². The highest BCUT2D eigenvalue weighted by atomic mass is 16.6. The van der Waals surface area contributed by atoms with Crippen LogP contribution in [-0.2, 0) is 14.3 Å². The molecule has 1 aliphatic rings. The summed E-state index contributed by atoms with van der Waals surface area (Å²) >= 11 is 0. The predicted octanol–water partition coefficient (Wildman–Crippen LogP) is 0.974. The van der Waals surface area contributed by atoms with Crippen molar-refractivity contribution in [3.63, 3.8) is 0 Å². The van der Waals surface area contributed by atoms with E-state index >= 15 is 0 Å². The molecule has 11 heavy (non-hydrogen) atoms. The highest BCUT2D eigenvalue weighted by Crippen LogP contribution is 2.34. The fourth-order valence-corrected chi connectivity index (χ4v) is 1.09. The lowest BCUT2D eigenvalue weighted by Crippen LogP contribution is -2.27. The number of carbonyl (C=O) groups is 1. The molecular weight excluding hydrogens is 144 g/mol. The highest BCUT2D eigenvalue weighted by molar-refractivity contribution is 5.75. The summed E-state index contributed by atoms with van der Waals surface area (Å²) in [4.78, 5) is 11.0. The first-order valence-corrected chi connectivity index (χ1v) is 3.99. The van der Waals surface area contributed by atoms with Crippen molar-refractivity contribution in [2.75, 3.05) is 13.7 Å². The molecule has 0 aromatic rings. The molecule has 1 atom stereocenters. The van der Waals surface area contributed by atoms with Crippen molar-refractivity contribution in [1.29, 1.82) is 0 Å². The molecule has 0 aliphatic heterocycles. The fourth-order valence-electron chi connectivity index (χ4n) is 1.09. The summed E-state index contributed by atoms with van der Waals surface area (Å²) in [6.45, 7) is 2.47. The lowest BCUT2D eigenvalue weighted by atomic mass is 10.2. The molecule has 0 spiro atoms. The van der Waals surface area contributed by atoms with Crippen LogP contribution in [0.3, 0.4) is 0 Å². The summed E-state index contributed by atoms with van der Waals surface area (Å²) in [5.74, 6) is 0.191. The second kappa shape index (κ2) is 3.72. The Morgan fingerprint density at radius 1 is 1.64 bits per heavy atom. The third-order valence-corrected chi connectivity index (χ3v) is 1.83. The maximum Gasteiger partial charge on any atom is 0.335 e. The van der Waals surface area contributed by atoms with Gasteiger partial charge in [0, 0.05) is 6.61 Å². The standard InChI is InChI=1S/C8H14O3/c1-3-11-7(6-4-5-6)8(9)10-2/h6-7H,3-5H2,1-2H3. The number of hydrogen-bond donors (Lipinski definition) is 0. The maximum atomic E-state index is 11.0. The Balaban J connectivity index is 2.37. The smallest absolute Gasteiger partial charge is 0.335 e. The van der Waals surface area contributed by atoms with Crippen molar-refractivity contribution < 1.29 is 14.3 Å². The topological polar surface area (TPSA) is 35.5 Å². The van der Waals surface area contributed by atoms with E-state index in [1.54, 1.807) is 0 Å². The summed E-state index contributed by atoms with van der Waals surface area (Å²) in [7, 11) is 1.40. The molecule has 1 rings (SSSR count). The Morgan fingerprint density at radius 3 is 2.64 bits per heavy atom. The molecule has 1 saturated carbocycles. The average Bonchev–Trinajstić information content (AvgIpc) is 2.81. The first kappa shape index (κ1) is 8.53. The maximum absolute atomic E-state index is 11.0. The Hall–Kier alpha value is -0.570. The largest absolute Gasteiger partial charge is 0.467 e. The lowest BCUT2D eigenvalue weighted by Gasteiger charge is -2.12. The van der Waals surface area contributed by atoms with E-state index in [2.05, 4.69) is 4.74 Å². The van der Waals surface area contributed by atoms with Crippen LogP contribution < -0.4 is 0 Å². The quantitative estimate of drug-likeness (QED) is 0.572. The van der Waals surface area contributed by atoms with Crippen LogP contribution in [0.4, 0.5) is 0 Å². The fraction of sp³-hybridized carbons (Fsp3) is 0.875.